The summed E-state index contributed by atoms with van der Waals surface area (Å²) in [7, 11) is 2.50. The summed E-state index contributed by atoms with van der Waals surface area (Å²) in [6.45, 7) is 3.06. The van der Waals surface area contributed by atoms with Gasteiger partial charge in [0.15, 0.2) is 6.29 Å². The molecule has 0 amide bonds. The van der Waals surface area contributed by atoms with Gasteiger partial charge in [0, 0.05) is 14.2 Å². The molecule has 0 aromatic heterocycles. The Morgan fingerprint density at radius 1 is 0.833 bits per heavy atom. The number of ether oxygens (including phenoxy) is 2. The van der Waals surface area contributed by atoms with Crippen molar-refractivity contribution in [2.45, 2.75) is 44.6 Å². The maximum atomic E-state index is 9.67. The van der Waals surface area contributed by atoms with Gasteiger partial charge in [0.05, 0.1) is 0 Å². The maximum absolute atomic E-state index is 9.67. The normalized spacial score (nSPS) is 18.3. The average Bonchev–Trinajstić information content (AvgIpc) is 2.36. The minimum atomic E-state index is -1.78. The van der Waals surface area contributed by atoms with E-state index in [1.807, 2.05) is 0 Å². The third-order valence-electron chi connectivity index (χ3n) is 2.56. The summed E-state index contributed by atoms with van der Waals surface area (Å²) in [5.41, 5.74) is 0.387. The van der Waals surface area contributed by atoms with Gasteiger partial charge in [-0.15, -0.1) is 0 Å². The molecular formula is C11H22O7. The van der Waals surface area contributed by atoms with E-state index in [1.165, 1.54) is 28.1 Å². The number of allylic oxidation sites excluding steroid dienone is 1. The van der Waals surface area contributed by atoms with Crippen LogP contribution in [0.4, 0.5) is 0 Å². The van der Waals surface area contributed by atoms with Crippen molar-refractivity contribution in [3.8, 4) is 0 Å². The van der Waals surface area contributed by atoms with E-state index in [4.69, 9.17) is 9.47 Å². The van der Waals surface area contributed by atoms with Gasteiger partial charge in [0.2, 0.25) is 0 Å². The molecule has 0 radical (unpaired) electrons. The molecule has 0 aliphatic carbocycles. The number of rotatable bonds is 7. The molecule has 4 atom stereocenters. The topological polar surface area (TPSA) is 120 Å². The van der Waals surface area contributed by atoms with Crippen molar-refractivity contribution in [1.82, 2.24) is 0 Å². The SMILES string of the molecule is COC(OC)[C@H](O)[C@@H](O)[C@H](O)[C@H](O)C(O)=C(C)C. The molecule has 0 aliphatic rings. The Balaban J connectivity index is 4.78. The van der Waals surface area contributed by atoms with Crippen molar-refractivity contribution in [3.05, 3.63) is 11.3 Å². The Bertz CT molecular complexity index is 271. The zero-order valence-electron chi connectivity index (χ0n) is 10.9. The first-order valence-corrected chi connectivity index (χ1v) is 5.42. The first kappa shape index (κ1) is 17.3. The summed E-state index contributed by atoms with van der Waals surface area (Å²) >= 11 is 0. The van der Waals surface area contributed by atoms with Crippen LogP contribution in [0, 0.1) is 0 Å². The van der Waals surface area contributed by atoms with E-state index in [2.05, 4.69) is 0 Å². The quantitative estimate of drug-likeness (QED) is 0.293. The molecule has 7 heteroatoms. The number of aliphatic hydroxyl groups excluding tert-OH is 5. The second kappa shape index (κ2) is 7.67. The van der Waals surface area contributed by atoms with E-state index in [1.54, 1.807) is 0 Å². The van der Waals surface area contributed by atoms with Crippen molar-refractivity contribution >= 4 is 0 Å². The van der Waals surface area contributed by atoms with E-state index in [0.29, 0.717) is 5.57 Å². The van der Waals surface area contributed by atoms with Gasteiger partial charge in [-0.05, 0) is 19.4 Å². The van der Waals surface area contributed by atoms with E-state index >= 15 is 0 Å². The maximum Gasteiger partial charge on any atom is 0.185 e. The molecule has 0 bridgehead atoms. The number of aliphatic hydroxyl groups is 5. The van der Waals surface area contributed by atoms with Gasteiger partial charge in [0.1, 0.15) is 30.2 Å². The monoisotopic (exact) mass is 266 g/mol. The van der Waals surface area contributed by atoms with Crippen LogP contribution in [0.5, 0.6) is 0 Å². The van der Waals surface area contributed by atoms with Gasteiger partial charge in [0.25, 0.3) is 0 Å². The average molecular weight is 266 g/mol. The molecule has 0 saturated carbocycles. The summed E-state index contributed by atoms with van der Waals surface area (Å²) in [4.78, 5) is 0. The van der Waals surface area contributed by atoms with Crippen LogP contribution in [0.1, 0.15) is 13.8 Å². The van der Waals surface area contributed by atoms with Gasteiger partial charge in [-0.2, -0.15) is 0 Å². The van der Waals surface area contributed by atoms with Crippen LogP contribution >= 0.6 is 0 Å². The summed E-state index contributed by atoms with van der Waals surface area (Å²) in [6.07, 6.45) is -7.95. The first-order chi connectivity index (χ1) is 8.27. The van der Waals surface area contributed by atoms with E-state index in [-0.39, 0.29) is 0 Å². The molecule has 0 rings (SSSR count). The second-order valence-corrected chi connectivity index (χ2v) is 4.14. The van der Waals surface area contributed by atoms with Gasteiger partial charge in [-0.3, -0.25) is 0 Å². The fourth-order valence-corrected chi connectivity index (χ4v) is 1.38. The Labute approximate surface area is 106 Å². The zero-order chi connectivity index (χ0) is 14.5. The highest BCUT2D eigenvalue weighted by Crippen LogP contribution is 2.16. The number of hydrogen-bond donors (Lipinski definition) is 5. The Kier molecular flexibility index (Phi) is 7.37. The standard InChI is InChI=1S/C11H22O7/c1-5(2)6(12)7(13)8(14)9(15)10(16)11(17-3)18-4/h7-16H,1-4H3/t7-,8-,9+,10-/m1/s1. The van der Waals surface area contributed by atoms with Crippen LogP contribution in [0.2, 0.25) is 0 Å². The first-order valence-electron chi connectivity index (χ1n) is 5.42. The Morgan fingerprint density at radius 2 is 1.28 bits per heavy atom. The molecule has 0 spiro atoms. The van der Waals surface area contributed by atoms with Crippen LogP contribution in [0.25, 0.3) is 0 Å². The van der Waals surface area contributed by atoms with Crippen molar-refractivity contribution < 1.29 is 35.0 Å². The smallest absolute Gasteiger partial charge is 0.185 e. The highest BCUT2D eigenvalue weighted by molar-refractivity contribution is 5.09. The minimum Gasteiger partial charge on any atom is -0.510 e. The van der Waals surface area contributed by atoms with E-state index < -0.39 is 36.5 Å². The third kappa shape index (κ3) is 4.20. The lowest BCUT2D eigenvalue weighted by atomic mass is 10.00. The summed E-state index contributed by atoms with van der Waals surface area (Å²) in [5, 5.41) is 48.0. The Morgan fingerprint density at radius 3 is 1.61 bits per heavy atom. The van der Waals surface area contributed by atoms with Crippen molar-refractivity contribution in [1.29, 1.82) is 0 Å². The van der Waals surface area contributed by atoms with Gasteiger partial charge >= 0.3 is 0 Å². The van der Waals surface area contributed by atoms with E-state index in [0.717, 1.165) is 0 Å². The summed E-state index contributed by atoms with van der Waals surface area (Å²) < 4.78 is 9.44. The molecule has 0 unspecified atom stereocenters. The summed E-state index contributed by atoms with van der Waals surface area (Å²) in [5.74, 6) is -0.458. The predicted molar refractivity (Wildman–Crippen MR) is 62.8 cm³/mol. The van der Waals surface area contributed by atoms with Crippen molar-refractivity contribution in [2.24, 2.45) is 0 Å². The lowest BCUT2D eigenvalue weighted by molar-refractivity contribution is -0.210. The highest BCUT2D eigenvalue weighted by Gasteiger charge is 2.36. The molecule has 0 fully saturated rings. The highest BCUT2D eigenvalue weighted by atomic mass is 16.7. The van der Waals surface area contributed by atoms with Crippen LogP contribution in [0.3, 0.4) is 0 Å². The number of methoxy groups -OCH3 is 2. The van der Waals surface area contributed by atoms with Crippen molar-refractivity contribution in [2.75, 3.05) is 14.2 Å². The van der Waals surface area contributed by atoms with Crippen LogP contribution in [-0.4, -0.2) is 70.5 Å². The Hall–Kier alpha value is -0.700. The van der Waals surface area contributed by atoms with Crippen LogP contribution < -0.4 is 0 Å². The van der Waals surface area contributed by atoms with E-state index in [9.17, 15) is 25.5 Å². The summed E-state index contributed by atoms with van der Waals surface area (Å²) in [6, 6.07) is 0. The largest absolute Gasteiger partial charge is 0.510 e. The molecule has 0 aromatic rings. The van der Waals surface area contributed by atoms with Crippen LogP contribution in [0.15, 0.2) is 11.3 Å². The molecule has 18 heavy (non-hydrogen) atoms. The van der Waals surface area contributed by atoms with Crippen LogP contribution in [-0.2, 0) is 9.47 Å². The second-order valence-electron chi connectivity index (χ2n) is 4.14. The lowest BCUT2D eigenvalue weighted by Crippen LogP contribution is -2.50. The van der Waals surface area contributed by atoms with Gasteiger partial charge in [-0.1, -0.05) is 0 Å². The van der Waals surface area contributed by atoms with Gasteiger partial charge in [-0.25, -0.2) is 0 Å². The molecule has 7 nitrogen and oxygen atoms in total. The molecular weight excluding hydrogens is 244 g/mol. The third-order valence-corrected chi connectivity index (χ3v) is 2.56. The molecule has 5 N–H and O–H groups in total. The fourth-order valence-electron chi connectivity index (χ4n) is 1.38. The molecule has 0 aromatic carbocycles. The molecule has 0 heterocycles. The number of hydrogen-bond acceptors (Lipinski definition) is 7. The lowest BCUT2D eigenvalue weighted by Gasteiger charge is -2.29. The predicted octanol–water partition coefficient (Wildman–Crippen LogP) is -1.10. The molecule has 108 valence electrons. The molecule has 0 aliphatic heterocycles. The fraction of sp³-hybridized carbons (Fsp3) is 0.818. The molecule has 0 saturated heterocycles. The zero-order valence-corrected chi connectivity index (χ0v) is 10.9. The van der Waals surface area contributed by atoms with Gasteiger partial charge < -0.3 is 35.0 Å². The minimum absolute atomic E-state index is 0.387. The van der Waals surface area contributed by atoms with Crippen molar-refractivity contribution in [3.63, 3.8) is 0 Å².